The fourth-order valence-corrected chi connectivity index (χ4v) is 2.66. The quantitative estimate of drug-likeness (QED) is 0.826. The van der Waals surface area contributed by atoms with E-state index in [9.17, 15) is 4.79 Å². The van der Waals surface area contributed by atoms with E-state index in [4.69, 9.17) is 10.00 Å². The molecule has 1 aliphatic rings. The van der Waals surface area contributed by atoms with Crippen LogP contribution in [0.2, 0.25) is 0 Å². The first-order chi connectivity index (χ1) is 10.0. The lowest BCUT2D eigenvalue weighted by Crippen LogP contribution is -2.35. The molecule has 2 atom stereocenters. The molecular formula is C16H21N3O2. The van der Waals surface area contributed by atoms with E-state index in [1.807, 2.05) is 38.4 Å². The zero-order valence-electron chi connectivity index (χ0n) is 12.7. The van der Waals surface area contributed by atoms with E-state index >= 15 is 0 Å². The monoisotopic (exact) mass is 287 g/mol. The van der Waals surface area contributed by atoms with E-state index in [2.05, 4.69) is 11.0 Å². The minimum atomic E-state index is -0.175. The Labute approximate surface area is 125 Å². The van der Waals surface area contributed by atoms with Crippen molar-refractivity contribution in [1.29, 1.82) is 5.26 Å². The topological polar surface area (TPSA) is 56.6 Å². The second-order valence-corrected chi connectivity index (χ2v) is 5.58. The zero-order valence-corrected chi connectivity index (χ0v) is 12.7. The number of benzene rings is 1. The summed E-state index contributed by atoms with van der Waals surface area (Å²) in [5, 5.41) is 8.97. The van der Waals surface area contributed by atoms with E-state index in [0.29, 0.717) is 19.5 Å². The maximum atomic E-state index is 12.0. The van der Waals surface area contributed by atoms with Crippen molar-refractivity contribution in [2.75, 3.05) is 34.3 Å². The Balaban J connectivity index is 2.16. The number of carbonyl (C=O) groups excluding carboxylic acids is 1. The first kappa shape index (κ1) is 15.3. The van der Waals surface area contributed by atoms with E-state index in [0.717, 1.165) is 11.3 Å². The van der Waals surface area contributed by atoms with Gasteiger partial charge in [-0.1, -0.05) is 12.1 Å². The first-order valence-electron chi connectivity index (χ1n) is 7.03. The standard InChI is InChI=1S/C16H21N3O2/c1-18(2)15(13-5-4-6-14(8-13)21-3)11-19-10-12(9-17)7-16(19)20/h4-6,8,12,15H,7,10-11H2,1-3H3. The summed E-state index contributed by atoms with van der Waals surface area (Å²) in [5.74, 6) is 0.698. The second-order valence-electron chi connectivity index (χ2n) is 5.58. The number of hydrogen-bond donors (Lipinski definition) is 0. The smallest absolute Gasteiger partial charge is 0.224 e. The summed E-state index contributed by atoms with van der Waals surface area (Å²) in [5.41, 5.74) is 1.10. The molecule has 5 nitrogen and oxygen atoms in total. The molecule has 1 aromatic rings. The summed E-state index contributed by atoms with van der Waals surface area (Å²) < 4.78 is 5.27. The van der Waals surface area contributed by atoms with Crippen molar-refractivity contribution in [3.63, 3.8) is 0 Å². The fraction of sp³-hybridized carbons (Fsp3) is 0.500. The number of nitriles is 1. The van der Waals surface area contributed by atoms with Crippen LogP contribution in [0.25, 0.3) is 0 Å². The van der Waals surface area contributed by atoms with Gasteiger partial charge in [0.1, 0.15) is 5.75 Å². The number of likely N-dealkylation sites (tertiary alicyclic amines) is 1. The number of likely N-dealkylation sites (N-methyl/N-ethyl adjacent to an activating group) is 1. The van der Waals surface area contributed by atoms with Gasteiger partial charge in [0.2, 0.25) is 5.91 Å². The lowest BCUT2D eigenvalue weighted by molar-refractivity contribution is -0.128. The average Bonchev–Trinajstić information content (AvgIpc) is 2.84. The highest BCUT2D eigenvalue weighted by atomic mass is 16.5. The van der Waals surface area contributed by atoms with Gasteiger partial charge in [-0.3, -0.25) is 4.79 Å². The molecule has 1 aliphatic heterocycles. The van der Waals surface area contributed by atoms with Crippen LogP contribution in [0.3, 0.4) is 0 Å². The minimum Gasteiger partial charge on any atom is -0.497 e. The summed E-state index contributed by atoms with van der Waals surface area (Å²) in [6.07, 6.45) is 0.342. The number of carbonyl (C=O) groups is 1. The predicted octanol–water partition coefficient (Wildman–Crippen LogP) is 1.67. The molecule has 1 heterocycles. The predicted molar refractivity (Wildman–Crippen MR) is 79.7 cm³/mol. The van der Waals surface area contributed by atoms with Crippen LogP contribution in [0.15, 0.2) is 24.3 Å². The number of rotatable bonds is 5. The van der Waals surface area contributed by atoms with Crippen LogP contribution >= 0.6 is 0 Å². The van der Waals surface area contributed by atoms with Gasteiger partial charge >= 0.3 is 0 Å². The average molecular weight is 287 g/mol. The molecular weight excluding hydrogens is 266 g/mol. The molecule has 5 heteroatoms. The van der Waals surface area contributed by atoms with Crippen LogP contribution in [-0.2, 0) is 4.79 Å². The third kappa shape index (κ3) is 3.53. The van der Waals surface area contributed by atoms with Crippen LogP contribution in [0, 0.1) is 17.2 Å². The molecule has 1 aromatic carbocycles. The van der Waals surface area contributed by atoms with Gasteiger partial charge in [-0.05, 0) is 31.8 Å². The Hall–Kier alpha value is -2.06. The van der Waals surface area contributed by atoms with E-state index < -0.39 is 0 Å². The van der Waals surface area contributed by atoms with Crippen molar-refractivity contribution in [3.8, 4) is 11.8 Å². The van der Waals surface area contributed by atoms with Crippen molar-refractivity contribution in [1.82, 2.24) is 9.80 Å². The molecule has 2 unspecified atom stereocenters. The third-order valence-electron chi connectivity index (χ3n) is 3.89. The van der Waals surface area contributed by atoms with Gasteiger partial charge in [-0.25, -0.2) is 0 Å². The summed E-state index contributed by atoms with van der Waals surface area (Å²) in [6, 6.07) is 10.2. The normalized spacial score (nSPS) is 19.7. The molecule has 0 aliphatic carbocycles. The number of ether oxygens (including phenoxy) is 1. The van der Waals surface area contributed by atoms with Crippen molar-refractivity contribution < 1.29 is 9.53 Å². The van der Waals surface area contributed by atoms with Crippen LogP contribution < -0.4 is 4.74 Å². The lowest BCUT2D eigenvalue weighted by atomic mass is 10.0. The van der Waals surface area contributed by atoms with Gasteiger partial charge in [0.15, 0.2) is 0 Å². The van der Waals surface area contributed by atoms with Crippen molar-refractivity contribution in [2.45, 2.75) is 12.5 Å². The van der Waals surface area contributed by atoms with Gasteiger partial charge in [0, 0.05) is 19.5 Å². The Kier molecular flexibility index (Phi) is 4.81. The molecule has 0 saturated carbocycles. The number of hydrogen-bond acceptors (Lipinski definition) is 4. The molecule has 1 amide bonds. The van der Waals surface area contributed by atoms with E-state index in [1.165, 1.54) is 0 Å². The molecule has 112 valence electrons. The van der Waals surface area contributed by atoms with Crippen LogP contribution in [0.4, 0.5) is 0 Å². The number of methoxy groups -OCH3 is 1. The summed E-state index contributed by atoms with van der Waals surface area (Å²) in [4.78, 5) is 15.9. The maximum Gasteiger partial charge on any atom is 0.224 e. The molecule has 1 fully saturated rings. The third-order valence-corrected chi connectivity index (χ3v) is 3.89. The Bertz CT molecular complexity index is 551. The van der Waals surface area contributed by atoms with E-state index in [-0.39, 0.29) is 17.9 Å². The summed E-state index contributed by atoms with van der Waals surface area (Å²) >= 11 is 0. The molecule has 0 bridgehead atoms. The molecule has 0 aromatic heterocycles. The van der Waals surface area contributed by atoms with Crippen molar-refractivity contribution >= 4 is 5.91 Å². The number of nitrogens with zero attached hydrogens (tertiary/aromatic N) is 3. The molecule has 21 heavy (non-hydrogen) atoms. The van der Waals surface area contributed by atoms with Gasteiger partial charge in [0.25, 0.3) is 0 Å². The highest BCUT2D eigenvalue weighted by molar-refractivity contribution is 5.79. The largest absolute Gasteiger partial charge is 0.497 e. The highest BCUT2D eigenvalue weighted by Gasteiger charge is 2.31. The SMILES string of the molecule is COc1cccc(C(CN2CC(C#N)CC2=O)N(C)C)c1. The van der Waals surface area contributed by atoms with Crippen LogP contribution in [0.1, 0.15) is 18.0 Å². The molecule has 0 N–H and O–H groups in total. The van der Waals surface area contributed by atoms with Crippen molar-refractivity contribution in [3.05, 3.63) is 29.8 Å². The zero-order chi connectivity index (χ0) is 15.4. The van der Waals surface area contributed by atoms with Gasteiger partial charge < -0.3 is 14.5 Å². The number of amides is 1. The summed E-state index contributed by atoms with van der Waals surface area (Å²) in [6.45, 7) is 1.13. The lowest BCUT2D eigenvalue weighted by Gasteiger charge is -2.29. The highest BCUT2D eigenvalue weighted by Crippen LogP contribution is 2.26. The van der Waals surface area contributed by atoms with E-state index in [1.54, 1.807) is 12.0 Å². The van der Waals surface area contributed by atoms with Crippen LogP contribution in [0.5, 0.6) is 5.75 Å². The van der Waals surface area contributed by atoms with Crippen LogP contribution in [-0.4, -0.2) is 50.0 Å². The van der Waals surface area contributed by atoms with Gasteiger partial charge in [-0.15, -0.1) is 0 Å². The van der Waals surface area contributed by atoms with Crippen molar-refractivity contribution in [2.24, 2.45) is 5.92 Å². The first-order valence-corrected chi connectivity index (χ1v) is 7.03. The second kappa shape index (κ2) is 6.59. The minimum absolute atomic E-state index is 0.0660. The Morgan fingerprint density at radius 3 is 2.86 bits per heavy atom. The molecule has 0 spiro atoms. The Morgan fingerprint density at radius 2 is 2.29 bits per heavy atom. The Morgan fingerprint density at radius 1 is 1.52 bits per heavy atom. The van der Waals surface area contributed by atoms with Gasteiger partial charge in [-0.2, -0.15) is 5.26 Å². The molecule has 2 rings (SSSR count). The fourth-order valence-electron chi connectivity index (χ4n) is 2.66. The summed E-state index contributed by atoms with van der Waals surface area (Å²) in [7, 11) is 5.63. The molecule has 0 radical (unpaired) electrons. The maximum absolute atomic E-state index is 12.0. The van der Waals surface area contributed by atoms with Gasteiger partial charge in [0.05, 0.1) is 25.1 Å². The molecule has 1 saturated heterocycles.